The average Bonchev–Trinajstić information content (AvgIpc) is 2.28. The quantitative estimate of drug-likeness (QED) is 0.823. The van der Waals surface area contributed by atoms with Crippen LogP contribution in [0.25, 0.3) is 0 Å². The Balaban J connectivity index is 2.67. The second kappa shape index (κ2) is 6.18. The highest BCUT2D eigenvalue weighted by molar-refractivity contribution is 5.32. The zero-order valence-electron chi connectivity index (χ0n) is 11.4. The van der Waals surface area contributed by atoms with E-state index in [1.54, 1.807) is 0 Å². The lowest BCUT2D eigenvalue weighted by atomic mass is 9.94. The van der Waals surface area contributed by atoms with Crippen molar-refractivity contribution in [1.82, 2.24) is 0 Å². The second-order valence-corrected chi connectivity index (χ2v) is 5.41. The molecule has 0 heterocycles. The minimum Gasteiger partial charge on any atom is -0.391 e. The molecular formula is C15H25NO. The van der Waals surface area contributed by atoms with Crippen molar-refractivity contribution < 1.29 is 5.11 Å². The van der Waals surface area contributed by atoms with Crippen LogP contribution in [0.3, 0.4) is 0 Å². The summed E-state index contributed by atoms with van der Waals surface area (Å²) in [7, 11) is 0. The van der Waals surface area contributed by atoms with Gasteiger partial charge in [-0.3, -0.25) is 0 Å². The van der Waals surface area contributed by atoms with Crippen LogP contribution in [0.1, 0.15) is 49.4 Å². The molecule has 2 atom stereocenters. The van der Waals surface area contributed by atoms with Crippen molar-refractivity contribution in [2.75, 3.05) is 0 Å². The van der Waals surface area contributed by atoms with Crippen molar-refractivity contribution in [3.05, 3.63) is 34.9 Å². The van der Waals surface area contributed by atoms with Gasteiger partial charge in [0.2, 0.25) is 0 Å². The fraction of sp³-hybridized carbons (Fsp3) is 0.600. The standard InChI is InChI=1S/C15H25NO/c1-10(2)5-8-14(17)15(16)13-7-6-11(3)12(4)9-13/h6-7,9-10,14-15,17H,5,8,16H2,1-4H3/t14-,15+/m1/s1. The van der Waals surface area contributed by atoms with Gasteiger partial charge in [-0.25, -0.2) is 0 Å². The molecule has 0 aliphatic rings. The van der Waals surface area contributed by atoms with E-state index in [9.17, 15) is 5.11 Å². The maximum atomic E-state index is 10.1. The van der Waals surface area contributed by atoms with Crippen LogP contribution in [0.15, 0.2) is 18.2 Å². The maximum Gasteiger partial charge on any atom is 0.0732 e. The fourth-order valence-electron chi connectivity index (χ4n) is 1.88. The Kier molecular flexibility index (Phi) is 5.16. The molecule has 2 nitrogen and oxygen atoms in total. The first-order valence-electron chi connectivity index (χ1n) is 6.42. The number of hydrogen-bond acceptors (Lipinski definition) is 2. The lowest BCUT2D eigenvalue weighted by Gasteiger charge is -2.20. The summed E-state index contributed by atoms with van der Waals surface area (Å²) in [5.74, 6) is 0.608. The summed E-state index contributed by atoms with van der Waals surface area (Å²) in [6.07, 6.45) is 1.34. The smallest absolute Gasteiger partial charge is 0.0732 e. The van der Waals surface area contributed by atoms with Gasteiger partial charge in [0.05, 0.1) is 12.1 Å². The molecule has 0 aliphatic carbocycles. The lowest BCUT2D eigenvalue weighted by Crippen LogP contribution is -2.26. The largest absolute Gasteiger partial charge is 0.391 e. The van der Waals surface area contributed by atoms with E-state index in [1.807, 2.05) is 6.07 Å². The van der Waals surface area contributed by atoms with Crippen LogP contribution in [-0.2, 0) is 0 Å². The minimum absolute atomic E-state index is 0.270. The molecular weight excluding hydrogens is 210 g/mol. The van der Waals surface area contributed by atoms with Gasteiger partial charge in [-0.1, -0.05) is 32.0 Å². The average molecular weight is 235 g/mol. The third kappa shape index (κ3) is 4.14. The van der Waals surface area contributed by atoms with E-state index >= 15 is 0 Å². The molecule has 1 aromatic rings. The number of hydrogen-bond donors (Lipinski definition) is 2. The van der Waals surface area contributed by atoms with Crippen molar-refractivity contribution in [2.45, 2.75) is 52.7 Å². The molecule has 0 spiro atoms. The van der Waals surface area contributed by atoms with E-state index in [-0.39, 0.29) is 6.04 Å². The topological polar surface area (TPSA) is 46.2 Å². The summed E-state index contributed by atoms with van der Waals surface area (Å²) in [6, 6.07) is 5.90. The first-order chi connectivity index (χ1) is 7.91. The van der Waals surface area contributed by atoms with Crippen LogP contribution in [0.2, 0.25) is 0 Å². The van der Waals surface area contributed by atoms with E-state index in [1.165, 1.54) is 11.1 Å². The van der Waals surface area contributed by atoms with Crippen LogP contribution in [-0.4, -0.2) is 11.2 Å². The predicted octanol–water partition coefficient (Wildman–Crippen LogP) is 3.10. The third-order valence-electron chi connectivity index (χ3n) is 3.37. The molecule has 0 aliphatic heterocycles. The van der Waals surface area contributed by atoms with E-state index in [2.05, 4.69) is 39.8 Å². The van der Waals surface area contributed by atoms with Gasteiger partial charge in [0.25, 0.3) is 0 Å². The van der Waals surface area contributed by atoms with Crippen LogP contribution in [0.5, 0.6) is 0 Å². The second-order valence-electron chi connectivity index (χ2n) is 5.41. The number of nitrogens with two attached hydrogens (primary N) is 1. The molecule has 96 valence electrons. The Morgan fingerprint density at radius 3 is 2.29 bits per heavy atom. The number of aliphatic hydroxyl groups is 1. The molecule has 0 saturated heterocycles. The zero-order valence-corrected chi connectivity index (χ0v) is 11.4. The van der Waals surface area contributed by atoms with Crippen molar-refractivity contribution in [1.29, 1.82) is 0 Å². The van der Waals surface area contributed by atoms with Crippen molar-refractivity contribution in [3.8, 4) is 0 Å². The lowest BCUT2D eigenvalue weighted by molar-refractivity contribution is 0.128. The van der Waals surface area contributed by atoms with Gasteiger partial charge in [0, 0.05) is 0 Å². The molecule has 1 rings (SSSR count). The zero-order chi connectivity index (χ0) is 13.0. The Morgan fingerprint density at radius 2 is 1.76 bits per heavy atom. The van der Waals surface area contributed by atoms with E-state index in [0.29, 0.717) is 5.92 Å². The monoisotopic (exact) mass is 235 g/mol. The highest BCUT2D eigenvalue weighted by Crippen LogP contribution is 2.21. The number of aryl methyl sites for hydroxylation is 2. The molecule has 0 unspecified atom stereocenters. The predicted molar refractivity (Wildman–Crippen MR) is 72.9 cm³/mol. The molecule has 0 saturated carbocycles. The highest BCUT2D eigenvalue weighted by atomic mass is 16.3. The van der Waals surface area contributed by atoms with Crippen LogP contribution in [0.4, 0.5) is 0 Å². The summed E-state index contributed by atoms with van der Waals surface area (Å²) >= 11 is 0. The van der Waals surface area contributed by atoms with Gasteiger partial charge in [0.1, 0.15) is 0 Å². The first-order valence-corrected chi connectivity index (χ1v) is 6.42. The molecule has 0 bridgehead atoms. The summed E-state index contributed by atoms with van der Waals surface area (Å²) in [4.78, 5) is 0. The fourth-order valence-corrected chi connectivity index (χ4v) is 1.88. The van der Waals surface area contributed by atoms with E-state index in [4.69, 9.17) is 5.73 Å². The van der Waals surface area contributed by atoms with Crippen LogP contribution >= 0.6 is 0 Å². The van der Waals surface area contributed by atoms with Crippen molar-refractivity contribution in [2.24, 2.45) is 11.7 Å². The Morgan fingerprint density at radius 1 is 1.12 bits per heavy atom. The Bertz CT molecular complexity index is 360. The SMILES string of the molecule is Cc1ccc([C@H](N)[C@H](O)CCC(C)C)cc1C. The van der Waals surface area contributed by atoms with Crippen molar-refractivity contribution in [3.63, 3.8) is 0 Å². The number of rotatable bonds is 5. The molecule has 0 radical (unpaired) electrons. The Labute approximate surface area is 105 Å². The van der Waals surface area contributed by atoms with E-state index < -0.39 is 6.10 Å². The third-order valence-corrected chi connectivity index (χ3v) is 3.37. The summed E-state index contributed by atoms with van der Waals surface area (Å²) in [5.41, 5.74) is 9.62. The molecule has 3 N–H and O–H groups in total. The number of benzene rings is 1. The first kappa shape index (κ1) is 14.2. The highest BCUT2D eigenvalue weighted by Gasteiger charge is 2.17. The van der Waals surface area contributed by atoms with Gasteiger partial charge < -0.3 is 10.8 Å². The summed E-state index contributed by atoms with van der Waals surface area (Å²) < 4.78 is 0. The van der Waals surface area contributed by atoms with Crippen LogP contribution in [0, 0.1) is 19.8 Å². The van der Waals surface area contributed by atoms with Gasteiger partial charge in [-0.2, -0.15) is 0 Å². The number of aliphatic hydroxyl groups excluding tert-OH is 1. The minimum atomic E-state index is -0.445. The molecule has 0 fully saturated rings. The van der Waals surface area contributed by atoms with Crippen molar-refractivity contribution >= 4 is 0 Å². The summed E-state index contributed by atoms with van der Waals surface area (Å²) in [5, 5.41) is 10.1. The van der Waals surface area contributed by atoms with Gasteiger partial charge >= 0.3 is 0 Å². The molecule has 0 aromatic heterocycles. The van der Waals surface area contributed by atoms with Gasteiger partial charge in [-0.15, -0.1) is 0 Å². The summed E-state index contributed by atoms with van der Waals surface area (Å²) in [6.45, 7) is 8.48. The van der Waals surface area contributed by atoms with Gasteiger partial charge in [0.15, 0.2) is 0 Å². The molecule has 1 aromatic carbocycles. The molecule has 0 amide bonds. The Hall–Kier alpha value is -0.860. The van der Waals surface area contributed by atoms with E-state index in [0.717, 1.165) is 18.4 Å². The normalized spacial score (nSPS) is 15.0. The molecule has 17 heavy (non-hydrogen) atoms. The van der Waals surface area contributed by atoms with Gasteiger partial charge in [-0.05, 0) is 49.3 Å². The van der Waals surface area contributed by atoms with Crippen LogP contribution < -0.4 is 5.73 Å². The maximum absolute atomic E-state index is 10.1. The molecule has 2 heteroatoms.